The van der Waals surface area contributed by atoms with Gasteiger partial charge in [0.1, 0.15) is 0 Å². The molecule has 1 aliphatic rings. The van der Waals surface area contributed by atoms with Gasteiger partial charge in [0.25, 0.3) is 0 Å². The molecule has 1 unspecified atom stereocenters. The molecule has 2 heterocycles. The van der Waals surface area contributed by atoms with Crippen molar-refractivity contribution in [3.8, 4) is 0 Å². The normalized spacial score (nSPS) is 16.7. The SMILES string of the molecule is C=CCN(Cc1cccs1)S(=O)(=O)c1ccc2c(c1)CC(C)N2C(C)=O. The molecule has 3 rings (SSSR count). The van der Waals surface area contributed by atoms with Crippen molar-refractivity contribution in [1.29, 1.82) is 0 Å². The van der Waals surface area contributed by atoms with Crippen LogP contribution in [-0.4, -0.2) is 31.2 Å². The summed E-state index contributed by atoms with van der Waals surface area (Å²) in [7, 11) is -3.65. The third kappa shape index (κ3) is 3.47. The van der Waals surface area contributed by atoms with Gasteiger partial charge in [0.05, 0.1) is 4.90 Å². The summed E-state index contributed by atoms with van der Waals surface area (Å²) in [6.45, 7) is 7.75. The first-order valence-electron chi connectivity index (χ1n) is 8.40. The summed E-state index contributed by atoms with van der Waals surface area (Å²) >= 11 is 1.53. The van der Waals surface area contributed by atoms with Crippen LogP contribution in [-0.2, 0) is 27.8 Å². The van der Waals surface area contributed by atoms with Gasteiger partial charge in [-0.1, -0.05) is 12.1 Å². The largest absolute Gasteiger partial charge is 0.309 e. The highest BCUT2D eigenvalue weighted by Gasteiger charge is 2.31. The van der Waals surface area contributed by atoms with Crippen LogP contribution in [0.5, 0.6) is 0 Å². The van der Waals surface area contributed by atoms with Crippen LogP contribution in [0.1, 0.15) is 24.3 Å². The van der Waals surface area contributed by atoms with Gasteiger partial charge in [0, 0.05) is 36.6 Å². The first-order valence-corrected chi connectivity index (χ1v) is 10.7. The van der Waals surface area contributed by atoms with Gasteiger partial charge in [-0.3, -0.25) is 4.79 Å². The Hall–Kier alpha value is -1.96. The number of sulfonamides is 1. The van der Waals surface area contributed by atoms with E-state index < -0.39 is 10.0 Å². The van der Waals surface area contributed by atoms with Crippen molar-refractivity contribution in [2.45, 2.75) is 37.8 Å². The van der Waals surface area contributed by atoms with Gasteiger partial charge in [-0.2, -0.15) is 4.31 Å². The minimum atomic E-state index is -3.65. The van der Waals surface area contributed by atoms with E-state index in [0.29, 0.717) is 13.0 Å². The topological polar surface area (TPSA) is 57.7 Å². The van der Waals surface area contributed by atoms with Gasteiger partial charge in [0.15, 0.2) is 0 Å². The highest BCUT2D eigenvalue weighted by Crippen LogP contribution is 2.34. The quantitative estimate of drug-likeness (QED) is 0.710. The lowest BCUT2D eigenvalue weighted by atomic mass is 10.1. The smallest absolute Gasteiger partial charge is 0.243 e. The molecule has 2 aromatic rings. The zero-order valence-electron chi connectivity index (χ0n) is 14.9. The first kappa shape index (κ1) is 18.8. The van der Waals surface area contributed by atoms with Crippen molar-refractivity contribution in [2.75, 3.05) is 11.4 Å². The molecule has 0 saturated carbocycles. The Balaban J connectivity index is 1.95. The molecule has 7 heteroatoms. The fraction of sp³-hybridized carbons (Fsp3) is 0.316. The summed E-state index contributed by atoms with van der Waals surface area (Å²) in [4.78, 5) is 14.8. The number of hydrogen-bond donors (Lipinski definition) is 0. The van der Waals surface area contributed by atoms with Gasteiger partial charge >= 0.3 is 0 Å². The molecule has 1 atom stereocenters. The van der Waals surface area contributed by atoms with Crippen LogP contribution in [0.4, 0.5) is 5.69 Å². The number of carbonyl (C=O) groups excluding carboxylic acids is 1. The Morgan fingerprint density at radius 1 is 1.42 bits per heavy atom. The predicted molar refractivity (Wildman–Crippen MR) is 105 cm³/mol. The molecular weight excluding hydrogens is 368 g/mol. The third-order valence-corrected chi connectivity index (χ3v) is 7.16. The summed E-state index contributed by atoms with van der Waals surface area (Å²) in [6, 6.07) is 8.90. The molecule has 0 N–H and O–H groups in total. The van der Waals surface area contributed by atoms with Crippen molar-refractivity contribution in [3.05, 3.63) is 58.8 Å². The lowest BCUT2D eigenvalue weighted by molar-refractivity contribution is -0.116. The average Bonchev–Trinajstić information content (AvgIpc) is 3.19. The van der Waals surface area contributed by atoms with E-state index in [0.717, 1.165) is 16.1 Å². The fourth-order valence-electron chi connectivity index (χ4n) is 3.36. The summed E-state index contributed by atoms with van der Waals surface area (Å²) in [5.74, 6) is -0.0298. The maximum Gasteiger partial charge on any atom is 0.243 e. The van der Waals surface area contributed by atoms with Gasteiger partial charge in [-0.25, -0.2) is 8.42 Å². The molecule has 26 heavy (non-hydrogen) atoms. The Kier molecular flexibility index (Phi) is 5.32. The van der Waals surface area contributed by atoms with Crippen LogP contribution in [0, 0.1) is 0 Å². The minimum absolute atomic E-state index is 0.0298. The predicted octanol–water partition coefficient (Wildman–Crippen LogP) is 3.42. The maximum absolute atomic E-state index is 13.1. The Bertz CT molecular complexity index is 920. The van der Waals surface area contributed by atoms with Crippen molar-refractivity contribution >= 4 is 33.0 Å². The molecule has 0 bridgehead atoms. The lowest BCUT2D eigenvalue weighted by Gasteiger charge is -2.22. The van der Waals surface area contributed by atoms with E-state index in [-0.39, 0.29) is 23.4 Å². The van der Waals surface area contributed by atoms with E-state index in [9.17, 15) is 13.2 Å². The minimum Gasteiger partial charge on any atom is -0.309 e. The standard InChI is InChI=1S/C19H22N2O3S2/c1-4-9-20(13-17-6-5-10-25-17)26(23,24)18-7-8-19-16(12-18)11-14(2)21(19)15(3)22/h4-8,10,12,14H,1,9,11,13H2,2-3H3. The molecule has 0 saturated heterocycles. The van der Waals surface area contributed by atoms with E-state index in [2.05, 4.69) is 6.58 Å². The molecule has 0 fully saturated rings. The van der Waals surface area contributed by atoms with Crippen molar-refractivity contribution in [1.82, 2.24) is 4.31 Å². The van der Waals surface area contributed by atoms with Crippen LogP contribution in [0.3, 0.4) is 0 Å². The van der Waals surface area contributed by atoms with Crippen LogP contribution in [0.15, 0.2) is 53.3 Å². The number of amides is 1. The molecule has 1 amide bonds. The van der Waals surface area contributed by atoms with Gasteiger partial charge in [0.2, 0.25) is 15.9 Å². The Morgan fingerprint density at radius 2 is 2.19 bits per heavy atom. The summed E-state index contributed by atoms with van der Waals surface area (Å²) in [5.41, 5.74) is 1.70. The second-order valence-electron chi connectivity index (χ2n) is 6.40. The lowest BCUT2D eigenvalue weighted by Crippen LogP contribution is -2.33. The summed E-state index contributed by atoms with van der Waals surface area (Å²) in [5, 5.41) is 1.93. The van der Waals surface area contributed by atoms with Crippen LogP contribution in [0.25, 0.3) is 0 Å². The number of rotatable bonds is 6. The highest BCUT2D eigenvalue weighted by molar-refractivity contribution is 7.89. The van der Waals surface area contributed by atoms with Crippen LogP contribution < -0.4 is 4.90 Å². The number of fused-ring (bicyclic) bond motifs is 1. The molecule has 0 spiro atoms. The molecule has 0 aliphatic carbocycles. The number of nitrogens with zero attached hydrogens (tertiary/aromatic N) is 2. The zero-order chi connectivity index (χ0) is 18.9. The molecular formula is C19H22N2O3S2. The van der Waals surface area contributed by atoms with Gasteiger partial charge in [-0.15, -0.1) is 17.9 Å². The second kappa shape index (κ2) is 7.34. The Labute approximate surface area is 158 Å². The third-order valence-electron chi connectivity index (χ3n) is 4.49. The number of hydrogen-bond acceptors (Lipinski definition) is 4. The van der Waals surface area contributed by atoms with E-state index >= 15 is 0 Å². The van der Waals surface area contributed by atoms with E-state index in [1.165, 1.54) is 22.6 Å². The van der Waals surface area contributed by atoms with Gasteiger partial charge < -0.3 is 4.90 Å². The molecule has 1 aromatic carbocycles. The molecule has 1 aromatic heterocycles. The molecule has 138 valence electrons. The highest BCUT2D eigenvalue weighted by atomic mass is 32.2. The number of benzene rings is 1. The summed E-state index contributed by atoms with van der Waals surface area (Å²) in [6.07, 6.45) is 2.25. The first-order chi connectivity index (χ1) is 12.3. The molecule has 5 nitrogen and oxygen atoms in total. The van der Waals surface area contributed by atoms with Crippen molar-refractivity contribution in [2.24, 2.45) is 0 Å². The zero-order valence-corrected chi connectivity index (χ0v) is 16.5. The van der Waals surface area contributed by atoms with E-state index in [1.807, 2.05) is 24.4 Å². The molecule has 1 aliphatic heterocycles. The van der Waals surface area contributed by atoms with Crippen LogP contribution >= 0.6 is 11.3 Å². The van der Waals surface area contributed by atoms with Crippen molar-refractivity contribution < 1.29 is 13.2 Å². The fourth-order valence-corrected chi connectivity index (χ4v) is 5.61. The Morgan fingerprint density at radius 3 is 2.81 bits per heavy atom. The second-order valence-corrected chi connectivity index (χ2v) is 9.37. The number of anilines is 1. The number of carbonyl (C=O) groups is 1. The van der Waals surface area contributed by atoms with E-state index in [4.69, 9.17) is 0 Å². The molecule has 0 radical (unpaired) electrons. The van der Waals surface area contributed by atoms with Crippen LogP contribution in [0.2, 0.25) is 0 Å². The van der Waals surface area contributed by atoms with E-state index in [1.54, 1.807) is 29.2 Å². The van der Waals surface area contributed by atoms with Crippen molar-refractivity contribution in [3.63, 3.8) is 0 Å². The summed E-state index contributed by atoms with van der Waals surface area (Å²) < 4.78 is 27.7. The maximum atomic E-state index is 13.1. The van der Waals surface area contributed by atoms with Gasteiger partial charge in [-0.05, 0) is 48.6 Å². The number of thiophene rings is 1. The monoisotopic (exact) mass is 390 g/mol. The average molecular weight is 391 g/mol.